The van der Waals surface area contributed by atoms with Crippen molar-refractivity contribution in [3.05, 3.63) is 84.0 Å². The second kappa shape index (κ2) is 6.99. The van der Waals surface area contributed by atoms with Gasteiger partial charge in [0.05, 0.1) is 0 Å². The minimum Gasteiger partial charge on any atom is -0.507 e. The van der Waals surface area contributed by atoms with Crippen LogP contribution < -0.4 is 10.6 Å². The Morgan fingerprint density at radius 2 is 1.37 bits per heavy atom. The summed E-state index contributed by atoms with van der Waals surface area (Å²) in [5.41, 5.74) is -0.290. The van der Waals surface area contributed by atoms with Crippen LogP contribution in [0.25, 0.3) is 0 Å². The van der Waals surface area contributed by atoms with Gasteiger partial charge in [0.2, 0.25) is 0 Å². The molecule has 1 saturated heterocycles. The second-order valence-electron chi connectivity index (χ2n) is 6.27. The highest BCUT2D eigenvalue weighted by Gasteiger charge is 2.52. The van der Waals surface area contributed by atoms with Crippen LogP contribution in [0.3, 0.4) is 0 Å². The molecule has 0 saturated carbocycles. The number of carbonyl (C=O) groups is 2. The van der Waals surface area contributed by atoms with Gasteiger partial charge in [-0.1, -0.05) is 48.6 Å². The zero-order chi connectivity index (χ0) is 19.6. The third kappa shape index (κ3) is 2.85. The highest BCUT2D eigenvalue weighted by molar-refractivity contribution is 6.10. The molecule has 6 nitrogen and oxygen atoms in total. The molecule has 0 atom stereocenters. The summed E-state index contributed by atoms with van der Waals surface area (Å²) in [6, 6.07) is 9.16. The Kier molecular flexibility index (Phi) is 4.73. The lowest BCUT2D eigenvalue weighted by molar-refractivity contribution is -0.123. The van der Waals surface area contributed by atoms with Gasteiger partial charge in [-0.25, -0.2) is 4.79 Å². The van der Waals surface area contributed by atoms with Crippen LogP contribution in [0.5, 0.6) is 11.5 Å². The molecule has 4 N–H and O–H groups in total. The predicted molar refractivity (Wildman–Crippen MR) is 101 cm³/mol. The van der Waals surface area contributed by atoms with Gasteiger partial charge in [-0.2, -0.15) is 0 Å². The molecule has 0 aliphatic carbocycles. The topological polar surface area (TPSA) is 98.7 Å². The first-order valence-corrected chi connectivity index (χ1v) is 8.43. The zero-order valence-corrected chi connectivity index (χ0v) is 14.7. The van der Waals surface area contributed by atoms with Crippen LogP contribution in [-0.4, -0.2) is 22.2 Å². The molecule has 1 aliphatic rings. The van der Waals surface area contributed by atoms with E-state index in [9.17, 15) is 19.8 Å². The fourth-order valence-electron chi connectivity index (χ4n) is 3.41. The third-order valence-corrected chi connectivity index (χ3v) is 4.64. The number of nitrogens with one attached hydrogen (secondary N) is 2. The second-order valence-corrected chi connectivity index (χ2v) is 6.27. The van der Waals surface area contributed by atoms with Crippen molar-refractivity contribution in [1.82, 2.24) is 10.6 Å². The van der Waals surface area contributed by atoms with E-state index in [0.29, 0.717) is 24.0 Å². The van der Waals surface area contributed by atoms with Gasteiger partial charge in [-0.15, -0.1) is 13.2 Å². The SMILES string of the molecule is C=CCc1cccc(C2(c3cccc(CC=C)c3O)NC(=O)NC2=O)c1O. The highest BCUT2D eigenvalue weighted by atomic mass is 16.3. The minimum absolute atomic E-state index is 0.136. The largest absolute Gasteiger partial charge is 0.507 e. The summed E-state index contributed by atoms with van der Waals surface area (Å²) in [5, 5.41) is 26.4. The van der Waals surface area contributed by atoms with Crippen molar-refractivity contribution in [3.63, 3.8) is 0 Å². The molecule has 138 valence electrons. The van der Waals surface area contributed by atoms with Crippen molar-refractivity contribution in [1.29, 1.82) is 0 Å². The number of imide groups is 1. The normalized spacial score (nSPS) is 15.1. The standard InChI is InChI=1S/C21H20N2O4/c1-3-7-13-9-5-11-15(17(13)24)21(19(26)22-20(27)23-21)16-12-6-10-14(8-4-2)18(16)25/h3-6,9-12,24-25H,1-2,7-8H2,(H2,22,23,26,27). The van der Waals surface area contributed by atoms with Crippen LogP contribution in [0.1, 0.15) is 22.3 Å². The lowest BCUT2D eigenvalue weighted by Gasteiger charge is -2.29. The zero-order valence-electron chi connectivity index (χ0n) is 14.7. The first-order valence-electron chi connectivity index (χ1n) is 8.43. The molecule has 0 bridgehead atoms. The average Bonchev–Trinajstić information content (AvgIpc) is 2.93. The van der Waals surface area contributed by atoms with Crippen molar-refractivity contribution in [2.75, 3.05) is 0 Å². The molecule has 1 fully saturated rings. The fraction of sp³-hybridized carbons (Fsp3) is 0.143. The minimum atomic E-state index is -1.75. The van der Waals surface area contributed by atoms with E-state index in [4.69, 9.17) is 0 Å². The van der Waals surface area contributed by atoms with Crippen LogP contribution in [0, 0.1) is 0 Å². The van der Waals surface area contributed by atoms with Crippen LogP contribution >= 0.6 is 0 Å². The Hall–Kier alpha value is -3.54. The number of carbonyl (C=O) groups excluding carboxylic acids is 2. The molecule has 2 aromatic carbocycles. The molecule has 0 unspecified atom stereocenters. The maximum absolute atomic E-state index is 12.9. The van der Waals surface area contributed by atoms with E-state index in [2.05, 4.69) is 23.8 Å². The number of urea groups is 1. The van der Waals surface area contributed by atoms with E-state index in [-0.39, 0.29) is 22.6 Å². The maximum Gasteiger partial charge on any atom is 0.322 e. The summed E-state index contributed by atoms with van der Waals surface area (Å²) in [7, 11) is 0. The number of aromatic hydroxyl groups is 2. The van der Waals surface area contributed by atoms with E-state index in [1.54, 1.807) is 48.6 Å². The van der Waals surface area contributed by atoms with Gasteiger partial charge in [0.1, 0.15) is 11.5 Å². The summed E-state index contributed by atoms with van der Waals surface area (Å²) in [6.07, 6.45) is 4.02. The first-order chi connectivity index (χ1) is 13.0. The number of hydrogen-bond donors (Lipinski definition) is 4. The van der Waals surface area contributed by atoms with E-state index in [1.165, 1.54) is 0 Å². The number of rotatable bonds is 6. The summed E-state index contributed by atoms with van der Waals surface area (Å²) in [4.78, 5) is 24.9. The molecule has 1 heterocycles. The van der Waals surface area contributed by atoms with Crippen molar-refractivity contribution < 1.29 is 19.8 Å². The lowest BCUT2D eigenvalue weighted by atomic mass is 9.80. The Morgan fingerprint density at radius 3 is 1.74 bits per heavy atom. The molecular weight excluding hydrogens is 344 g/mol. The van der Waals surface area contributed by atoms with Gasteiger partial charge in [0.25, 0.3) is 5.91 Å². The number of benzene rings is 2. The molecule has 2 aromatic rings. The Bertz CT molecular complexity index is 890. The Labute approximate surface area is 156 Å². The number of phenolic OH excluding ortho intramolecular Hbond substituents is 2. The molecule has 3 amide bonds. The summed E-state index contributed by atoms with van der Waals surface area (Å²) < 4.78 is 0. The van der Waals surface area contributed by atoms with E-state index in [0.717, 1.165) is 0 Å². The van der Waals surface area contributed by atoms with Crippen molar-refractivity contribution >= 4 is 11.9 Å². The van der Waals surface area contributed by atoms with Crippen molar-refractivity contribution in [2.45, 2.75) is 18.4 Å². The van der Waals surface area contributed by atoms with Crippen LogP contribution in [0.2, 0.25) is 0 Å². The Morgan fingerprint density at radius 1 is 0.889 bits per heavy atom. The molecule has 0 aromatic heterocycles. The van der Waals surface area contributed by atoms with Crippen molar-refractivity contribution in [2.24, 2.45) is 0 Å². The molecular formula is C21H20N2O4. The van der Waals surface area contributed by atoms with E-state index in [1.807, 2.05) is 0 Å². The highest BCUT2D eigenvalue weighted by Crippen LogP contribution is 2.43. The number of amides is 3. The third-order valence-electron chi connectivity index (χ3n) is 4.64. The number of allylic oxidation sites excluding steroid dienone is 2. The van der Waals surface area contributed by atoms with E-state index < -0.39 is 17.5 Å². The molecule has 27 heavy (non-hydrogen) atoms. The van der Waals surface area contributed by atoms with Gasteiger partial charge in [0.15, 0.2) is 5.54 Å². The summed E-state index contributed by atoms with van der Waals surface area (Å²) >= 11 is 0. The van der Waals surface area contributed by atoms with Gasteiger partial charge < -0.3 is 15.5 Å². The predicted octanol–water partition coefficient (Wildman–Crippen LogP) is 2.64. The molecule has 3 rings (SSSR count). The van der Waals surface area contributed by atoms with Gasteiger partial charge >= 0.3 is 6.03 Å². The van der Waals surface area contributed by atoms with Gasteiger partial charge in [-0.05, 0) is 24.0 Å². The molecule has 1 aliphatic heterocycles. The fourth-order valence-corrected chi connectivity index (χ4v) is 3.41. The average molecular weight is 364 g/mol. The molecule has 6 heteroatoms. The van der Waals surface area contributed by atoms with Crippen molar-refractivity contribution in [3.8, 4) is 11.5 Å². The smallest absolute Gasteiger partial charge is 0.322 e. The molecule has 0 spiro atoms. The number of phenols is 2. The quantitative estimate of drug-likeness (QED) is 0.468. The summed E-state index contributed by atoms with van der Waals surface area (Å²) in [5.74, 6) is -0.948. The maximum atomic E-state index is 12.9. The monoisotopic (exact) mass is 364 g/mol. The van der Waals surface area contributed by atoms with Gasteiger partial charge in [0, 0.05) is 11.1 Å². The lowest BCUT2D eigenvalue weighted by Crippen LogP contribution is -2.45. The number of para-hydroxylation sites is 2. The summed E-state index contributed by atoms with van der Waals surface area (Å²) in [6.45, 7) is 7.33. The van der Waals surface area contributed by atoms with Crippen LogP contribution in [-0.2, 0) is 23.2 Å². The number of hydrogen-bond acceptors (Lipinski definition) is 4. The Balaban J connectivity index is 2.32. The van der Waals surface area contributed by atoms with Crippen LogP contribution in [0.15, 0.2) is 61.7 Å². The van der Waals surface area contributed by atoms with Gasteiger partial charge in [-0.3, -0.25) is 10.1 Å². The first kappa shape index (κ1) is 18.3. The van der Waals surface area contributed by atoms with E-state index >= 15 is 0 Å². The van der Waals surface area contributed by atoms with Crippen LogP contribution in [0.4, 0.5) is 4.79 Å². The molecule has 0 radical (unpaired) electrons.